The lowest BCUT2D eigenvalue weighted by molar-refractivity contribution is -0.0985. The van der Waals surface area contributed by atoms with Gasteiger partial charge in [0.2, 0.25) is 0 Å². The average Bonchev–Trinajstić information content (AvgIpc) is 2.54. The molecule has 1 heterocycles. The predicted molar refractivity (Wildman–Crippen MR) is 105 cm³/mol. The Morgan fingerprint density at radius 2 is 1.29 bits per heavy atom. The van der Waals surface area contributed by atoms with Gasteiger partial charge in [-0.3, -0.25) is 0 Å². The first-order valence-corrected chi connectivity index (χ1v) is 10.9. The Labute approximate surface area is 152 Å². The Hall–Kier alpha value is -0.0400. The van der Waals surface area contributed by atoms with Crippen LogP contribution in [0.1, 0.15) is 87.0 Å². The van der Waals surface area contributed by atoms with Gasteiger partial charge in [0.1, 0.15) is 0 Å². The predicted octanol–water partition coefficient (Wildman–Crippen LogP) is 6.81. The van der Waals surface area contributed by atoms with Gasteiger partial charge in [0.05, 0.1) is 6.10 Å². The van der Waals surface area contributed by atoms with Gasteiger partial charge in [-0.2, -0.15) is 0 Å². The Bertz CT molecular complexity index is 359. The Morgan fingerprint density at radius 1 is 0.708 bits per heavy atom. The van der Waals surface area contributed by atoms with E-state index >= 15 is 0 Å². The van der Waals surface area contributed by atoms with Gasteiger partial charge in [-0.1, -0.05) is 61.3 Å². The highest BCUT2D eigenvalue weighted by molar-refractivity contribution is 4.89. The molecule has 1 saturated carbocycles. The fraction of sp³-hybridized carbons (Fsp3) is 1.00. The van der Waals surface area contributed by atoms with Crippen LogP contribution in [0.3, 0.4) is 0 Å². The summed E-state index contributed by atoms with van der Waals surface area (Å²) in [6, 6.07) is 0. The van der Waals surface area contributed by atoms with E-state index in [0.29, 0.717) is 6.10 Å². The summed E-state index contributed by atoms with van der Waals surface area (Å²) >= 11 is 0. The smallest absolute Gasteiger partial charge is 0.0611 e. The third-order valence-electron chi connectivity index (χ3n) is 7.40. The summed E-state index contributed by atoms with van der Waals surface area (Å²) in [5, 5.41) is 0. The molecule has 1 nitrogen and oxygen atoms in total. The van der Waals surface area contributed by atoms with Crippen molar-refractivity contribution in [2.75, 3.05) is 6.61 Å². The standard InChI is InChI=1S/C23H44O/c1-15(2)19-10-8-9-11-21(19)18(7)14-22-23(17(5)6)20(16(3)4)12-13-24-22/h15-23H,8-14H2,1-7H3. The number of rotatable bonds is 6. The van der Waals surface area contributed by atoms with Crippen LogP contribution in [0.15, 0.2) is 0 Å². The van der Waals surface area contributed by atoms with Crippen LogP contribution in [0.4, 0.5) is 0 Å². The van der Waals surface area contributed by atoms with Gasteiger partial charge >= 0.3 is 0 Å². The molecule has 142 valence electrons. The molecule has 1 heteroatoms. The molecule has 0 amide bonds. The molecular weight excluding hydrogens is 292 g/mol. The lowest BCUT2D eigenvalue weighted by atomic mass is 9.65. The maximum absolute atomic E-state index is 6.39. The van der Waals surface area contributed by atoms with E-state index in [4.69, 9.17) is 4.74 Å². The minimum absolute atomic E-state index is 0.496. The maximum Gasteiger partial charge on any atom is 0.0611 e. The van der Waals surface area contributed by atoms with Crippen molar-refractivity contribution in [2.24, 2.45) is 47.3 Å². The van der Waals surface area contributed by atoms with E-state index in [-0.39, 0.29) is 0 Å². The topological polar surface area (TPSA) is 9.23 Å². The molecular formula is C23H44O. The molecule has 6 atom stereocenters. The lowest BCUT2D eigenvalue weighted by Crippen LogP contribution is -2.43. The molecule has 2 rings (SSSR count). The van der Waals surface area contributed by atoms with Gasteiger partial charge in [0.25, 0.3) is 0 Å². The zero-order valence-corrected chi connectivity index (χ0v) is 17.6. The molecule has 0 bridgehead atoms. The molecule has 6 unspecified atom stereocenters. The quantitative estimate of drug-likeness (QED) is 0.517. The normalized spacial score (nSPS) is 36.5. The molecule has 0 aromatic rings. The third kappa shape index (κ3) is 4.77. The highest BCUT2D eigenvalue weighted by Crippen LogP contribution is 2.44. The minimum Gasteiger partial charge on any atom is -0.378 e. The second kappa shape index (κ2) is 9.06. The summed E-state index contributed by atoms with van der Waals surface area (Å²) in [5.41, 5.74) is 0. The Balaban J connectivity index is 2.06. The van der Waals surface area contributed by atoms with Crippen molar-refractivity contribution >= 4 is 0 Å². The van der Waals surface area contributed by atoms with E-state index in [1.165, 1.54) is 38.5 Å². The second-order valence-electron chi connectivity index (χ2n) is 10.00. The fourth-order valence-electron chi connectivity index (χ4n) is 6.13. The summed E-state index contributed by atoms with van der Waals surface area (Å²) < 4.78 is 6.39. The van der Waals surface area contributed by atoms with Gasteiger partial charge in [-0.15, -0.1) is 0 Å². The summed E-state index contributed by atoms with van der Waals surface area (Å²) in [7, 11) is 0. The SMILES string of the molecule is CC(C)C1CCCCC1C(C)CC1OCCC(C(C)C)C1C(C)C. The van der Waals surface area contributed by atoms with Crippen molar-refractivity contribution < 1.29 is 4.74 Å². The van der Waals surface area contributed by atoms with Crippen LogP contribution in [0.25, 0.3) is 0 Å². The highest BCUT2D eigenvalue weighted by atomic mass is 16.5. The Morgan fingerprint density at radius 3 is 1.83 bits per heavy atom. The molecule has 0 N–H and O–H groups in total. The molecule has 0 radical (unpaired) electrons. The molecule has 0 spiro atoms. The third-order valence-corrected chi connectivity index (χ3v) is 7.40. The van der Waals surface area contributed by atoms with Crippen molar-refractivity contribution in [1.82, 2.24) is 0 Å². The van der Waals surface area contributed by atoms with Gasteiger partial charge in [-0.25, -0.2) is 0 Å². The van der Waals surface area contributed by atoms with Crippen molar-refractivity contribution in [3.05, 3.63) is 0 Å². The van der Waals surface area contributed by atoms with Crippen molar-refractivity contribution in [3.63, 3.8) is 0 Å². The van der Waals surface area contributed by atoms with Crippen LogP contribution in [-0.4, -0.2) is 12.7 Å². The van der Waals surface area contributed by atoms with Gasteiger partial charge in [0, 0.05) is 6.61 Å². The highest BCUT2D eigenvalue weighted by Gasteiger charge is 2.40. The largest absolute Gasteiger partial charge is 0.378 e. The van der Waals surface area contributed by atoms with E-state index in [0.717, 1.165) is 54.0 Å². The fourth-order valence-corrected chi connectivity index (χ4v) is 6.13. The average molecular weight is 337 g/mol. The van der Waals surface area contributed by atoms with Crippen LogP contribution in [0.2, 0.25) is 0 Å². The minimum atomic E-state index is 0.496. The molecule has 0 aromatic heterocycles. The summed E-state index contributed by atoms with van der Waals surface area (Å²) in [6.45, 7) is 18.1. The summed E-state index contributed by atoms with van der Waals surface area (Å²) in [5.74, 6) is 6.65. The van der Waals surface area contributed by atoms with Crippen molar-refractivity contribution in [1.29, 1.82) is 0 Å². The first-order valence-electron chi connectivity index (χ1n) is 10.9. The summed E-state index contributed by atoms with van der Waals surface area (Å²) in [6.07, 6.45) is 8.87. The molecule has 0 aromatic carbocycles. The van der Waals surface area contributed by atoms with Crippen LogP contribution in [0, 0.1) is 47.3 Å². The second-order valence-corrected chi connectivity index (χ2v) is 10.00. The van der Waals surface area contributed by atoms with Crippen LogP contribution in [0.5, 0.6) is 0 Å². The first-order chi connectivity index (χ1) is 11.3. The number of hydrogen-bond acceptors (Lipinski definition) is 1. The molecule has 1 aliphatic carbocycles. The van der Waals surface area contributed by atoms with Crippen LogP contribution in [-0.2, 0) is 4.74 Å². The molecule has 1 aliphatic heterocycles. The van der Waals surface area contributed by atoms with Crippen molar-refractivity contribution in [3.8, 4) is 0 Å². The summed E-state index contributed by atoms with van der Waals surface area (Å²) in [4.78, 5) is 0. The van der Waals surface area contributed by atoms with Gasteiger partial charge in [0.15, 0.2) is 0 Å². The van der Waals surface area contributed by atoms with E-state index < -0.39 is 0 Å². The van der Waals surface area contributed by atoms with E-state index in [2.05, 4.69) is 48.5 Å². The van der Waals surface area contributed by atoms with E-state index in [9.17, 15) is 0 Å². The zero-order chi connectivity index (χ0) is 17.9. The Kier molecular flexibility index (Phi) is 7.65. The maximum atomic E-state index is 6.39. The lowest BCUT2D eigenvalue weighted by Gasteiger charge is -2.45. The van der Waals surface area contributed by atoms with E-state index in [1.807, 2.05) is 0 Å². The van der Waals surface area contributed by atoms with Crippen molar-refractivity contribution in [2.45, 2.75) is 93.1 Å². The molecule has 24 heavy (non-hydrogen) atoms. The number of ether oxygens (including phenoxy) is 1. The number of hydrogen-bond donors (Lipinski definition) is 0. The first kappa shape index (κ1) is 20.3. The van der Waals surface area contributed by atoms with Gasteiger partial charge in [-0.05, 0) is 73.0 Å². The van der Waals surface area contributed by atoms with Gasteiger partial charge < -0.3 is 4.74 Å². The van der Waals surface area contributed by atoms with Crippen LogP contribution >= 0.6 is 0 Å². The molecule has 2 fully saturated rings. The van der Waals surface area contributed by atoms with E-state index in [1.54, 1.807) is 0 Å². The monoisotopic (exact) mass is 336 g/mol. The van der Waals surface area contributed by atoms with Crippen LogP contribution < -0.4 is 0 Å². The molecule has 2 aliphatic rings. The molecule has 1 saturated heterocycles. The zero-order valence-electron chi connectivity index (χ0n) is 17.6.